The van der Waals surface area contributed by atoms with Gasteiger partial charge in [0.2, 0.25) is 5.91 Å². The van der Waals surface area contributed by atoms with Crippen LogP contribution in [0.3, 0.4) is 0 Å². The second-order valence-corrected chi connectivity index (χ2v) is 9.29. The minimum absolute atomic E-state index is 0.213. The van der Waals surface area contributed by atoms with Crippen molar-refractivity contribution in [2.24, 2.45) is 0 Å². The maximum Gasteiger partial charge on any atom is 0.237 e. The molecule has 1 atom stereocenters. The monoisotopic (exact) mass is 486 g/mol. The van der Waals surface area contributed by atoms with Gasteiger partial charge in [0.1, 0.15) is 5.76 Å². The van der Waals surface area contributed by atoms with E-state index in [1.165, 1.54) is 11.8 Å². The average molecular weight is 487 g/mol. The third-order valence-electron chi connectivity index (χ3n) is 4.84. The molecule has 4 aromatic rings. The zero-order valence-corrected chi connectivity index (χ0v) is 19.7. The number of furan rings is 1. The van der Waals surface area contributed by atoms with Gasteiger partial charge in [-0.25, -0.2) is 0 Å². The van der Waals surface area contributed by atoms with E-state index in [1.807, 2.05) is 54.8 Å². The Morgan fingerprint density at radius 1 is 1.16 bits per heavy atom. The van der Waals surface area contributed by atoms with Crippen LogP contribution in [-0.2, 0) is 11.3 Å². The predicted octanol–water partition coefficient (Wildman–Crippen LogP) is 6.32. The van der Waals surface area contributed by atoms with Crippen molar-refractivity contribution in [3.63, 3.8) is 0 Å². The normalized spacial score (nSPS) is 12.0. The predicted molar refractivity (Wildman–Crippen MR) is 128 cm³/mol. The van der Waals surface area contributed by atoms with E-state index in [0.29, 0.717) is 33.3 Å². The van der Waals surface area contributed by atoms with Crippen LogP contribution in [0, 0.1) is 6.92 Å². The average Bonchev–Trinajstić information content (AvgIpc) is 3.37. The Labute approximate surface area is 199 Å². The van der Waals surface area contributed by atoms with Crippen molar-refractivity contribution >= 4 is 46.6 Å². The number of rotatable bonds is 7. The van der Waals surface area contributed by atoms with Gasteiger partial charge in [0, 0.05) is 5.02 Å². The van der Waals surface area contributed by atoms with Crippen LogP contribution in [0.2, 0.25) is 10.0 Å². The van der Waals surface area contributed by atoms with Crippen LogP contribution in [0.1, 0.15) is 18.2 Å². The SMILES string of the molecule is Cc1occc1-c1nnc(S[C@@H](C)C(=O)Nc2cc(Cl)ccc2Cl)n1Cc1ccccc1. The molecule has 0 radical (unpaired) electrons. The van der Waals surface area contributed by atoms with Crippen LogP contribution < -0.4 is 5.32 Å². The molecule has 0 spiro atoms. The summed E-state index contributed by atoms with van der Waals surface area (Å²) in [5.74, 6) is 1.23. The van der Waals surface area contributed by atoms with Crippen molar-refractivity contribution in [1.29, 1.82) is 0 Å². The fraction of sp³-hybridized carbons (Fsp3) is 0.174. The van der Waals surface area contributed by atoms with Gasteiger partial charge in [-0.1, -0.05) is 65.3 Å². The summed E-state index contributed by atoms with van der Waals surface area (Å²) in [5.41, 5.74) is 2.43. The zero-order valence-electron chi connectivity index (χ0n) is 17.4. The third kappa shape index (κ3) is 5.01. The fourth-order valence-corrected chi connectivity index (χ4v) is 4.33. The lowest BCUT2D eigenvalue weighted by atomic mass is 10.2. The van der Waals surface area contributed by atoms with Crippen molar-refractivity contribution in [2.45, 2.75) is 30.8 Å². The van der Waals surface area contributed by atoms with Gasteiger partial charge in [-0.05, 0) is 43.7 Å². The number of aromatic nitrogens is 3. The summed E-state index contributed by atoms with van der Waals surface area (Å²) in [4.78, 5) is 12.8. The number of aryl methyl sites for hydroxylation is 1. The van der Waals surface area contributed by atoms with Gasteiger partial charge in [-0.3, -0.25) is 9.36 Å². The highest BCUT2D eigenvalue weighted by molar-refractivity contribution is 8.00. The number of benzene rings is 2. The Kier molecular flexibility index (Phi) is 6.89. The van der Waals surface area contributed by atoms with E-state index in [9.17, 15) is 4.79 Å². The topological polar surface area (TPSA) is 72.9 Å². The third-order valence-corrected chi connectivity index (χ3v) is 6.48. The van der Waals surface area contributed by atoms with Crippen molar-refractivity contribution in [3.05, 3.63) is 82.2 Å². The zero-order chi connectivity index (χ0) is 22.7. The molecule has 2 heterocycles. The Morgan fingerprint density at radius 2 is 1.94 bits per heavy atom. The van der Waals surface area contributed by atoms with Crippen molar-refractivity contribution < 1.29 is 9.21 Å². The molecule has 32 heavy (non-hydrogen) atoms. The highest BCUT2D eigenvalue weighted by Gasteiger charge is 2.23. The largest absolute Gasteiger partial charge is 0.469 e. The summed E-state index contributed by atoms with van der Waals surface area (Å²) < 4.78 is 7.46. The van der Waals surface area contributed by atoms with Gasteiger partial charge >= 0.3 is 0 Å². The van der Waals surface area contributed by atoms with Crippen LogP contribution >= 0.6 is 35.0 Å². The number of hydrogen-bond donors (Lipinski definition) is 1. The highest BCUT2D eigenvalue weighted by Crippen LogP contribution is 2.31. The van der Waals surface area contributed by atoms with E-state index in [1.54, 1.807) is 24.5 Å². The molecule has 1 N–H and O–H groups in total. The first-order valence-electron chi connectivity index (χ1n) is 9.86. The quantitative estimate of drug-likeness (QED) is 0.309. The number of amides is 1. The van der Waals surface area contributed by atoms with Crippen LogP contribution in [0.25, 0.3) is 11.4 Å². The molecule has 0 aliphatic heterocycles. The second-order valence-electron chi connectivity index (χ2n) is 7.14. The Hall–Kier alpha value is -2.74. The molecule has 0 aliphatic rings. The van der Waals surface area contributed by atoms with E-state index in [-0.39, 0.29) is 5.91 Å². The van der Waals surface area contributed by atoms with Gasteiger partial charge in [-0.2, -0.15) is 0 Å². The maximum absolute atomic E-state index is 12.8. The molecule has 1 amide bonds. The molecule has 4 rings (SSSR count). The standard InChI is InChI=1S/C23H20Cl2N4O2S/c1-14-18(10-11-31-14)21-27-28-23(29(21)13-16-6-4-3-5-7-16)32-15(2)22(30)26-20-12-17(24)8-9-19(20)25/h3-12,15H,13H2,1-2H3,(H,26,30)/t15-/m0/s1. The van der Waals surface area contributed by atoms with Crippen molar-refractivity contribution in [3.8, 4) is 11.4 Å². The van der Waals surface area contributed by atoms with Crippen LogP contribution in [0.4, 0.5) is 5.69 Å². The number of anilines is 1. The minimum atomic E-state index is -0.456. The smallest absolute Gasteiger partial charge is 0.237 e. The summed E-state index contributed by atoms with van der Waals surface area (Å²) in [5, 5.41) is 12.7. The van der Waals surface area contributed by atoms with Crippen LogP contribution in [-0.4, -0.2) is 25.9 Å². The molecular formula is C23H20Cl2N4O2S. The maximum atomic E-state index is 12.8. The lowest BCUT2D eigenvalue weighted by Crippen LogP contribution is -2.23. The lowest BCUT2D eigenvalue weighted by molar-refractivity contribution is -0.115. The van der Waals surface area contributed by atoms with Gasteiger partial charge in [0.15, 0.2) is 11.0 Å². The Bertz CT molecular complexity index is 1240. The molecule has 2 aromatic heterocycles. The van der Waals surface area contributed by atoms with Gasteiger partial charge in [0.05, 0.1) is 34.3 Å². The number of halogens is 2. The van der Waals surface area contributed by atoms with E-state index in [4.69, 9.17) is 27.6 Å². The number of carbonyl (C=O) groups is 1. The van der Waals surface area contributed by atoms with Crippen LogP contribution in [0.15, 0.2) is 70.4 Å². The van der Waals surface area contributed by atoms with E-state index >= 15 is 0 Å². The van der Waals surface area contributed by atoms with Crippen LogP contribution in [0.5, 0.6) is 0 Å². The first-order chi connectivity index (χ1) is 15.4. The van der Waals surface area contributed by atoms with Gasteiger partial charge in [-0.15, -0.1) is 10.2 Å². The minimum Gasteiger partial charge on any atom is -0.469 e. The molecule has 0 aliphatic carbocycles. The molecular weight excluding hydrogens is 467 g/mol. The van der Waals surface area contributed by atoms with E-state index in [2.05, 4.69) is 15.5 Å². The summed E-state index contributed by atoms with van der Waals surface area (Å²) >= 11 is 13.5. The first kappa shape index (κ1) is 22.5. The lowest BCUT2D eigenvalue weighted by Gasteiger charge is -2.14. The molecule has 0 bridgehead atoms. The summed E-state index contributed by atoms with van der Waals surface area (Å²) in [6.07, 6.45) is 1.63. The molecule has 0 unspecified atom stereocenters. The number of hydrogen-bond acceptors (Lipinski definition) is 5. The molecule has 164 valence electrons. The molecule has 2 aromatic carbocycles. The molecule has 0 saturated heterocycles. The molecule has 0 fully saturated rings. The molecule has 6 nitrogen and oxygen atoms in total. The summed E-state index contributed by atoms with van der Waals surface area (Å²) in [6, 6.07) is 16.8. The number of carbonyl (C=O) groups excluding carboxylic acids is 1. The Morgan fingerprint density at radius 3 is 2.66 bits per heavy atom. The van der Waals surface area contributed by atoms with E-state index < -0.39 is 5.25 Å². The molecule has 0 saturated carbocycles. The molecule has 9 heteroatoms. The summed E-state index contributed by atoms with van der Waals surface area (Å²) in [6.45, 7) is 4.25. The first-order valence-corrected chi connectivity index (χ1v) is 11.5. The Balaban J connectivity index is 1.60. The van der Waals surface area contributed by atoms with Crippen molar-refractivity contribution in [1.82, 2.24) is 14.8 Å². The fourth-order valence-electron chi connectivity index (χ4n) is 3.14. The van der Waals surface area contributed by atoms with E-state index in [0.717, 1.165) is 16.9 Å². The van der Waals surface area contributed by atoms with Gasteiger partial charge in [0.25, 0.3) is 0 Å². The number of nitrogens with zero attached hydrogens (tertiary/aromatic N) is 3. The number of thioether (sulfide) groups is 1. The van der Waals surface area contributed by atoms with Gasteiger partial charge < -0.3 is 9.73 Å². The van der Waals surface area contributed by atoms with Crippen molar-refractivity contribution in [2.75, 3.05) is 5.32 Å². The second kappa shape index (κ2) is 9.81. The summed E-state index contributed by atoms with van der Waals surface area (Å²) in [7, 11) is 0. The number of nitrogens with one attached hydrogen (secondary N) is 1. The highest BCUT2D eigenvalue weighted by atomic mass is 35.5.